The van der Waals surface area contributed by atoms with E-state index in [1.165, 1.54) is 6.33 Å². The number of hydrogen-bond donors (Lipinski definition) is 3. The molecule has 2 heterocycles. The van der Waals surface area contributed by atoms with E-state index in [1.54, 1.807) is 18.3 Å². The fourth-order valence-corrected chi connectivity index (χ4v) is 1.20. The lowest BCUT2D eigenvalue weighted by Crippen LogP contribution is -2.07. The van der Waals surface area contributed by atoms with Crippen molar-refractivity contribution < 1.29 is 0 Å². The molecule has 0 saturated carbocycles. The number of nitrogens with two attached hydrogens (primary N) is 1. The van der Waals surface area contributed by atoms with Crippen molar-refractivity contribution in [2.24, 2.45) is 0 Å². The number of rotatable bonds is 4. The maximum Gasteiger partial charge on any atom is 0.137 e. The lowest BCUT2D eigenvalue weighted by molar-refractivity contribution is 0.897. The Bertz CT molecular complexity index is 410. The van der Waals surface area contributed by atoms with Crippen LogP contribution in [0.1, 0.15) is 5.82 Å². The highest BCUT2D eigenvalue weighted by Gasteiger charge is 1.96. The zero-order chi connectivity index (χ0) is 10.5. The van der Waals surface area contributed by atoms with E-state index in [-0.39, 0.29) is 0 Å². The van der Waals surface area contributed by atoms with Gasteiger partial charge in [-0.05, 0) is 6.07 Å². The molecule has 0 aliphatic rings. The molecule has 0 aliphatic carbocycles. The lowest BCUT2D eigenvalue weighted by atomic mass is 10.3. The number of nitrogens with one attached hydrogen (secondary N) is 2. The summed E-state index contributed by atoms with van der Waals surface area (Å²) in [5.74, 6) is 1.63. The number of nitrogen functional groups attached to an aromatic ring is 1. The molecule has 2 rings (SSSR count). The molecule has 0 radical (unpaired) electrons. The first kappa shape index (κ1) is 9.45. The van der Waals surface area contributed by atoms with Crippen LogP contribution < -0.4 is 11.1 Å². The SMILES string of the molecule is Nc1ccnc(NCCc2ncn[nH]2)c1. The summed E-state index contributed by atoms with van der Waals surface area (Å²) in [4.78, 5) is 8.13. The minimum Gasteiger partial charge on any atom is -0.399 e. The highest BCUT2D eigenvalue weighted by molar-refractivity contribution is 5.48. The van der Waals surface area contributed by atoms with Gasteiger partial charge in [0.25, 0.3) is 0 Å². The molecule has 15 heavy (non-hydrogen) atoms. The Morgan fingerprint density at radius 2 is 2.33 bits per heavy atom. The van der Waals surface area contributed by atoms with E-state index < -0.39 is 0 Å². The summed E-state index contributed by atoms with van der Waals surface area (Å²) in [5.41, 5.74) is 6.32. The van der Waals surface area contributed by atoms with Gasteiger partial charge in [-0.25, -0.2) is 9.97 Å². The predicted octanol–water partition coefficient (Wildman–Crippen LogP) is 0.436. The number of aromatic nitrogens is 4. The predicted molar refractivity (Wildman–Crippen MR) is 57.2 cm³/mol. The Hall–Kier alpha value is -2.11. The molecule has 0 fully saturated rings. The topological polar surface area (TPSA) is 92.5 Å². The summed E-state index contributed by atoms with van der Waals surface area (Å²) in [5, 5.41) is 9.70. The quantitative estimate of drug-likeness (QED) is 0.671. The van der Waals surface area contributed by atoms with Crippen molar-refractivity contribution in [3.63, 3.8) is 0 Å². The van der Waals surface area contributed by atoms with Crippen LogP contribution in [0, 0.1) is 0 Å². The number of hydrogen-bond acceptors (Lipinski definition) is 5. The van der Waals surface area contributed by atoms with Gasteiger partial charge in [-0.2, -0.15) is 5.10 Å². The molecule has 78 valence electrons. The van der Waals surface area contributed by atoms with Gasteiger partial charge >= 0.3 is 0 Å². The van der Waals surface area contributed by atoms with Gasteiger partial charge in [0.05, 0.1) is 0 Å². The first-order chi connectivity index (χ1) is 7.34. The molecule has 0 unspecified atom stereocenters. The summed E-state index contributed by atoms with van der Waals surface area (Å²) < 4.78 is 0. The van der Waals surface area contributed by atoms with Crippen LogP contribution in [0.15, 0.2) is 24.7 Å². The van der Waals surface area contributed by atoms with Crippen LogP contribution in [0.3, 0.4) is 0 Å². The van der Waals surface area contributed by atoms with Gasteiger partial charge in [0.15, 0.2) is 0 Å². The van der Waals surface area contributed by atoms with E-state index in [9.17, 15) is 0 Å². The highest BCUT2D eigenvalue weighted by atomic mass is 15.2. The van der Waals surface area contributed by atoms with Gasteiger partial charge in [0.2, 0.25) is 0 Å². The van der Waals surface area contributed by atoms with Crippen LogP contribution in [-0.4, -0.2) is 26.7 Å². The lowest BCUT2D eigenvalue weighted by Gasteiger charge is -2.03. The minimum absolute atomic E-state index is 0.701. The molecule has 4 N–H and O–H groups in total. The van der Waals surface area contributed by atoms with Crippen LogP contribution in [0.25, 0.3) is 0 Å². The maximum atomic E-state index is 5.62. The van der Waals surface area contributed by atoms with Gasteiger partial charge in [-0.3, -0.25) is 5.10 Å². The zero-order valence-corrected chi connectivity index (χ0v) is 8.14. The molecule has 2 aromatic heterocycles. The molecule has 2 aromatic rings. The van der Waals surface area contributed by atoms with Crippen molar-refractivity contribution in [3.05, 3.63) is 30.5 Å². The normalized spacial score (nSPS) is 10.1. The molecule has 0 atom stereocenters. The van der Waals surface area contributed by atoms with Gasteiger partial charge in [0.1, 0.15) is 18.0 Å². The third-order valence-corrected chi connectivity index (χ3v) is 1.92. The molecule has 6 nitrogen and oxygen atoms in total. The van der Waals surface area contributed by atoms with Crippen LogP contribution in [0.5, 0.6) is 0 Å². The van der Waals surface area contributed by atoms with E-state index in [0.29, 0.717) is 5.69 Å². The number of pyridine rings is 1. The Morgan fingerprint density at radius 3 is 3.07 bits per heavy atom. The summed E-state index contributed by atoms with van der Waals surface area (Å²) in [6, 6.07) is 3.54. The van der Waals surface area contributed by atoms with Crippen molar-refractivity contribution in [2.45, 2.75) is 6.42 Å². The largest absolute Gasteiger partial charge is 0.399 e. The van der Waals surface area contributed by atoms with Crippen molar-refractivity contribution in [1.29, 1.82) is 0 Å². The number of H-pyrrole nitrogens is 1. The summed E-state index contributed by atoms with van der Waals surface area (Å²) >= 11 is 0. The summed E-state index contributed by atoms with van der Waals surface area (Å²) in [6.07, 6.45) is 3.94. The average molecular weight is 204 g/mol. The first-order valence-corrected chi connectivity index (χ1v) is 4.64. The van der Waals surface area contributed by atoms with E-state index in [0.717, 1.165) is 24.6 Å². The second kappa shape index (κ2) is 4.41. The van der Waals surface area contributed by atoms with Crippen molar-refractivity contribution >= 4 is 11.5 Å². The van der Waals surface area contributed by atoms with Crippen LogP contribution >= 0.6 is 0 Å². The third-order valence-electron chi connectivity index (χ3n) is 1.92. The molecular weight excluding hydrogens is 192 g/mol. The highest BCUT2D eigenvalue weighted by Crippen LogP contribution is 2.07. The molecule has 0 saturated heterocycles. The monoisotopic (exact) mass is 204 g/mol. The second-order valence-corrected chi connectivity index (χ2v) is 3.08. The molecule has 0 amide bonds. The van der Waals surface area contributed by atoms with Gasteiger partial charge in [-0.1, -0.05) is 0 Å². The number of aromatic amines is 1. The van der Waals surface area contributed by atoms with Crippen LogP contribution in [0.4, 0.5) is 11.5 Å². The van der Waals surface area contributed by atoms with Crippen LogP contribution in [-0.2, 0) is 6.42 Å². The van der Waals surface area contributed by atoms with Crippen molar-refractivity contribution in [2.75, 3.05) is 17.6 Å². The standard InChI is InChI=1S/C9H12N6/c10-7-1-3-11-9(5-7)12-4-2-8-13-6-14-15-8/h1,3,5-6H,2,4H2,(H3,10,11,12)(H,13,14,15). The van der Waals surface area contributed by atoms with E-state index in [1.807, 2.05) is 0 Å². The molecule has 0 spiro atoms. The summed E-state index contributed by atoms with van der Waals surface area (Å²) in [6.45, 7) is 0.742. The fourth-order valence-electron chi connectivity index (χ4n) is 1.20. The average Bonchev–Trinajstić information content (AvgIpc) is 2.71. The van der Waals surface area contributed by atoms with Crippen LogP contribution in [0.2, 0.25) is 0 Å². The van der Waals surface area contributed by atoms with E-state index in [2.05, 4.69) is 25.5 Å². The second-order valence-electron chi connectivity index (χ2n) is 3.08. The third kappa shape index (κ3) is 2.67. The molecule has 0 aliphatic heterocycles. The Morgan fingerprint density at radius 1 is 1.40 bits per heavy atom. The van der Waals surface area contributed by atoms with E-state index >= 15 is 0 Å². The van der Waals surface area contributed by atoms with Gasteiger partial charge < -0.3 is 11.1 Å². The van der Waals surface area contributed by atoms with Gasteiger partial charge in [0, 0.05) is 30.9 Å². The van der Waals surface area contributed by atoms with Crippen molar-refractivity contribution in [3.8, 4) is 0 Å². The molecule has 0 aromatic carbocycles. The smallest absolute Gasteiger partial charge is 0.137 e. The minimum atomic E-state index is 0.701. The fraction of sp³-hybridized carbons (Fsp3) is 0.222. The Kier molecular flexibility index (Phi) is 2.77. The van der Waals surface area contributed by atoms with Gasteiger partial charge in [-0.15, -0.1) is 0 Å². The summed E-state index contributed by atoms with van der Waals surface area (Å²) in [7, 11) is 0. The van der Waals surface area contributed by atoms with E-state index in [4.69, 9.17) is 5.73 Å². The first-order valence-electron chi connectivity index (χ1n) is 4.64. The molecular formula is C9H12N6. The van der Waals surface area contributed by atoms with Crippen molar-refractivity contribution in [1.82, 2.24) is 20.2 Å². The number of anilines is 2. The molecule has 6 heteroatoms. The Labute approximate surface area is 86.9 Å². The molecule has 0 bridgehead atoms. The number of nitrogens with zero attached hydrogens (tertiary/aromatic N) is 3. The Balaban J connectivity index is 1.83. The maximum absolute atomic E-state index is 5.62. The zero-order valence-electron chi connectivity index (χ0n) is 8.14.